The summed E-state index contributed by atoms with van der Waals surface area (Å²) in [5.74, 6) is -0.740. The number of thiophene rings is 1. The lowest BCUT2D eigenvalue weighted by molar-refractivity contribution is -0.116. The fraction of sp³-hybridized carbons (Fsp3) is 0.214. The predicted octanol–water partition coefficient (Wildman–Crippen LogP) is 1.29. The van der Waals surface area contributed by atoms with Crippen LogP contribution in [0, 0.1) is 0 Å². The number of hydrogen-bond donors (Lipinski definition) is 1. The molecule has 128 valence electrons. The van der Waals surface area contributed by atoms with Gasteiger partial charge in [0.05, 0.1) is 16.3 Å². The zero-order chi connectivity index (χ0) is 17.4. The van der Waals surface area contributed by atoms with Crippen molar-refractivity contribution < 1.29 is 21.6 Å². The van der Waals surface area contributed by atoms with Crippen molar-refractivity contribution in [1.82, 2.24) is 4.72 Å². The average molecular weight is 386 g/mol. The maximum absolute atomic E-state index is 12.2. The van der Waals surface area contributed by atoms with Crippen LogP contribution in [0.4, 0.5) is 5.69 Å². The van der Waals surface area contributed by atoms with Crippen molar-refractivity contribution in [3.63, 3.8) is 0 Å². The minimum absolute atomic E-state index is 0.00634. The van der Waals surface area contributed by atoms with Crippen LogP contribution in [-0.2, 0) is 31.4 Å². The Balaban J connectivity index is 1.80. The Kier molecular flexibility index (Phi) is 4.47. The van der Waals surface area contributed by atoms with Crippen molar-refractivity contribution in [2.45, 2.75) is 17.9 Å². The molecule has 0 atom stereocenters. The highest BCUT2D eigenvalue weighted by atomic mass is 32.2. The second-order valence-electron chi connectivity index (χ2n) is 5.12. The van der Waals surface area contributed by atoms with Crippen LogP contribution in [0.15, 0.2) is 46.7 Å². The number of rotatable bonds is 5. The monoisotopic (exact) mass is 386 g/mol. The normalized spacial score (nSPS) is 17.3. The van der Waals surface area contributed by atoms with E-state index < -0.39 is 26.0 Å². The van der Waals surface area contributed by atoms with E-state index in [1.807, 2.05) is 17.5 Å². The number of carbonyl (C=O) groups excluding carboxylic acids is 1. The minimum atomic E-state index is -3.72. The molecular formula is C14H14N2O5S3. The summed E-state index contributed by atoms with van der Waals surface area (Å²) in [6, 6.07) is 8.86. The number of benzene rings is 1. The molecule has 1 aliphatic rings. The van der Waals surface area contributed by atoms with E-state index in [0.717, 1.165) is 9.18 Å². The molecule has 1 aromatic heterocycles. The molecule has 24 heavy (non-hydrogen) atoms. The largest absolute Gasteiger partial charge is 0.273 e. The first kappa shape index (κ1) is 17.1. The molecule has 1 aromatic carbocycles. The van der Waals surface area contributed by atoms with Gasteiger partial charge in [0.15, 0.2) is 0 Å². The molecule has 3 rings (SSSR count). The van der Waals surface area contributed by atoms with Crippen LogP contribution in [-0.4, -0.2) is 28.5 Å². The number of anilines is 1. The van der Waals surface area contributed by atoms with Gasteiger partial charge in [0.1, 0.15) is 0 Å². The highest BCUT2D eigenvalue weighted by molar-refractivity contribution is 7.94. The van der Waals surface area contributed by atoms with Gasteiger partial charge in [-0.05, 0) is 35.7 Å². The lowest BCUT2D eigenvalue weighted by atomic mass is 10.3. The summed E-state index contributed by atoms with van der Waals surface area (Å²) in [5, 5.41) is 1.85. The first-order chi connectivity index (χ1) is 11.3. The molecule has 2 aromatic rings. The van der Waals surface area contributed by atoms with Gasteiger partial charge in [-0.2, -0.15) is 0 Å². The number of nitrogens with zero attached hydrogens (tertiary/aromatic N) is 1. The second-order valence-corrected chi connectivity index (χ2v) is 9.86. The van der Waals surface area contributed by atoms with Gasteiger partial charge in [0.2, 0.25) is 26.0 Å². The van der Waals surface area contributed by atoms with Crippen LogP contribution < -0.4 is 9.03 Å². The topological polar surface area (TPSA) is 101 Å². The molecule has 2 heterocycles. The van der Waals surface area contributed by atoms with E-state index in [0.29, 0.717) is 0 Å². The van der Waals surface area contributed by atoms with E-state index in [1.165, 1.54) is 35.6 Å². The molecule has 1 saturated heterocycles. The third-order valence-corrected chi connectivity index (χ3v) is 7.46. The molecule has 0 radical (unpaired) electrons. The zero-order valence-electron chi connectivity index (χ0n) is 12.4. The lowest BCUT2D eigenvalue weighted by Gasteiger charge is -2.15. The maximum atomic E-state index is 12.2. The van der Waals surface area contributed by atoms with E-state index in [9.17, 15) is 21.6 Å². The molecule has 0 bridgehead atoms. The highest BCUT2D eigenvalue weighted by Crippen LogP contribution is 2.26. The average Bonchev–Trinajstić information content (AvgIpc) is 3.14. The summed E-state index contributed by atoms with van der Waals surface area (Å²) in [6.45, 7) is 0.181. The van der Waals surface area contributed by atoms with Gasteiger partial charge in [0, 0.05) is 17.8 Å². The van der Waals surface area contributed by atoms with Gasteiger partial charge in [-0.25, -0.2) is 25.9 Å². The van der Waals surface area contributed by atoms with E-state index in [2.05, 4.69) is 4.72 Å². The minimum Gasteiger partial charge on any atom is -0.273 e. The summed E-state index contributed by atoms with van der Waals surface area (Å²) >= 11 is 1.44. The SMILES string of the molecule is O=C1CCS(=O)(=O)N1c1ccc(S(=O)(=O)NCc2cccs2)cc1. The summed E-state index contributed by atoms with van der Waals surface area (Å²) in [6.07, 6.45) is -0.0647. The van der Waals surface area contributed by atoms with Crippen molar-refractivity contribution in [2.75, 3.05) is 10.1 Å². The summed E-state index contributed by atoms with van der Waals surface area (Å²) < 4.78 is 51.4. The standard InChI is InChI=1S/C14H14N2O5S3/c17-14-7-9-23(18,19)16(14)11-3-5-13(6-4-11)24(20,21)15-10-12-2-1-8-22-12/h1-6,8,15H,7,9-10H2. The quantitative estimate of drug-likeness (QED) is 0.835. The van der Waals surface area contributed by atoms with Crippen molar-refractivity contribution in [1.29, 1.82) is 0 Å². The third kappa shape index (κ3) is 3.36. The molecule has 10 heteroatoms. The molecule has 0 unspecified atom stereocenters. The van der Waals surface area contributed by atoms with Crippen LogP contribution in [0.3, 0.4) is 0 Å². The lowest BCUT2D eigenvalue weighted by Crippen LogP contribution is -2.29. The van der Waals surface area contributed by atoms with Crippen LogP contribution in [0.1, 0.15) is 11.3 Å². The van der Waals surface area contributed by atoms with E-state index in [-0.39, 0.29) is 29.3 Å². The Morgan fingerprint density at radius 1 is 1.17 bits per heavy atom. The van der Waals surface area contributed by atoms with Crippen LogP contribution in [0.25, 0.3) is 0 Å². The Bertz CT molecular complexity index is 948. The number of carbonyl (C=O) groups is 1. The van der Waals surface area contributed by atoms with Crippen molar-refractivity contribution in [3.05, 3.63) is 46.7 Å². The molecule has 1 aliphatic heterocycles. The van der Waals surface area contributed by atoms with Crippen molar-refractivity contribution in [3.8, 4) is 0 Å². The molecule has 7 nitrogen and oxygen atoms in total. The van der Waals surface area contributed by atoms with Crippen molar-refractivity contribution in [2.24, 2.45) is 0 Å². The fourth-order valence-corrected chi connectivity index (χ4v) is 5.49. The molecule has 1 amide bonds. The Hall–Kier alpha value is -1.75. The van der Waals surface area contributed by atoms with Crippen LogP contribution in [0.5, 0.6) is 0 Å². The number of hydrogen-bond acceptors (Lipinski definition) is 6. The number of nitrogens with one attached hydrogen (secondary N) is 1. The third-order valence-electron chi connectivity index (χ3n) is 3.48. The van der Waals surface area contributed by atoms with Gasteiger partial charge >= 0.3 is 0 Å². The van der Waals surface area contributed by atoms with Gasteiger partial charge in [-0.1, -0.05) is 6.07 Å². The first-order valence-corrected chi connectivity index (χ1v) is 10.9. The Morgan fingerprint density at radius 2 is 1.88 bits per heavy atom. The molecule has 1 N–H and O–H groups in total. The fourth-order valence-electron chi connectivity index (χ4n) is 2.29. The highest BCUT2D eigenvalue weighted by Gasteiger charge is 2.36. The molecule has 1 fully saturated rings. The second kappa shape index (κ2) is 6.28. The summed E-state index contributed by atoms with van der Waals surface area (Å²) in [5.41, 5.74) is 0.148. The number of amides is 1. The smallest absolute Gasteiger partial charge is 0.242 e. The summed E-state index contributed by atoms with van der Waals surface area (Å²) in [7, 11) is -7.37. The van der Waals surface area contributed by atoms with Crippen LogP contribution >= 0.6 is 11.3 Å². The molecular weight excluding hydrogens is 372 g/mol. The maximum Gasteiger partial charge on any atom is 0.242 e. The van der Waals surface area contributed by atoms with Gasteiger partial charge in [-0.15, -0.1) is 11.3 Å². The zero-order valence-corrected chi connectivity index (χ0v) is 14.8. The molecule has 0 aliphatic carbocycles. The van der Waals surface area contributed by atoms with Gasteiger partial charge in [-0.3, -0.25) is 4.79 Å². The van der Waals surface area contributed by atoms with E-state index >= 15 is 0 Å². The van der Waals surface area contributed by atoms with Gasteiger partial charge in [0.25, 0.3) is 0 Å². The Labute approximate surface area is 144 Å². The molecule has 0 saturated carbocycles. The first-order valence-electron chi connectivity index (χ1n) is 6.97. The predicted molar refractivity (Wildman–Crippen MR) is 90.7 cm³/mol. The van der Waals surface area contributed by atoms with Gasteiger partial charge < -0.3 is 0 Å². The summed E-state index contributed by atoms with van der Waals surface area (Å²) in [4.78, 5) is 12.6. The van der Waals surface area contributed by atoms with Crippen LogP contribution in [0.2, 0.25) is 0 Å². The molecule has 0 spiro atoms. The van der Waals surface area contributed by atoms with Crippen molar-refractivity contribution >= 4 is 43.0 Å². The number of sulfonamides is 2. The Morgan fingerprint density at radius 3 is 2.42 bits per heavy atom. The van der Waals surface area contributed by atoms with E-state index in [4.69, 9.17) is 0 Å². The van der Waals surface area contributed by atoms with E-state index in [1.54, 1.807) is 0 Å².